The van der Waals surface area contributed by atoms with Crippen LogP contribution in [0.2, 0.25) is 0 Å². The van der Waals surface area contributed by atoms with Crippen LogP contribution < -0.4 is 14.8 Å². The molecule has 0 aliphatic carbocycles. The summed E-state index contributed by atoms with van der Waals surface area (Å²) in [6, 6.07) is 15.0. The van der Waals surface area contributed by atoms with Gasteiger partial charge in [0, 0.05) is 12.2 Å². The maximum Gasteiger partial charge on any atom is 0.262 e. The lowest BCUT2D eigenvalue weighted by Gasteiger charge is -2.09. The fourth-order valence-corrected chi connectivity index (χ4v) is 3.04. The second kappa shape index (κ2) is 8.47. The van der Waals surface area contributed by atoms with Crippen LogP contribution in [0.1, 0.15) is 13.3 Å². The first-order valence-corrected chi connectivity index (χ1v) is 9.07. The van der Waals surface area contributed by atoms with E-state index in [-0.39, 0.29) is 17.4 Å². The lowest BCUT2D eigenvalue weighted by molar-refractivity contribution is -0.118. The van der Waals surface area contributed by atoms with Crippen LogP contribution in [-0.4, -0.2) is 27.5 Å². The van der Waals surface area contributed by atoms with E-state index in [0.717, 1.165) is 6.42 Å². The molecule has 0 radical (unpaired) electrons. The van der Waals surface area contributed by atoms with Crippen molar-refractivity contribution in [1.82, 2.24) is 4.72 Å². The molecule has 0 unspecified atom stereocenters. The molecule has 6 nitrogen and oxygen atoms in total. The molecule has 24 heavy (non-hydrogen) atoms. The van der Waals surface area contributed by atoms with Gasteiger partial charge in [-0.2, -0.15) is 0 Å². The number of amides is 1. The Labute approximate surface area is 141 Å². The Hall–Kier alpha value is -2.38. The molecular weight excluding hydrogens is 328 g/mol. The van der Waals surface area contributed by atoms with Crippen molar-refractivity contribution in [3.8, 4) is 5.75 Å². The van der Waals surface area contributed by atoms with Crippen molar-refractivity contribution in [2.24, 2.45) is 0 Å². The van der Waals surface area contributed by atoms with Gasteiger partial charge in [-0.3, -0.25) is 4.79 Å². The third-order valence-electron chi connectivity index (χ3n) is 3.10. The summed E-state index contributed by atoms with van der Waals surface area (Å²) in [4.78, 5) is 12.0. The van der Waals surface area contributed by atoms with Crippen molar-refractivity contribution in [3.63, 3.8) is 0 Å². The Morgan fingerprint density at radius 1 is 1.04 bits per heavy atom. The Bertz CT molecular complexity index is 759. The Morgan fingerprint density at radius 2 is 1.71 bits per heavy atom. The number of anilines is 1. The molecule has 0 aliphatic rings. The molecule has 0 aliphatic heterocycles. The summed E-state index contributed by atoms with van der Waals surface area (Å²) >= 11 is 0. The van der Waals surface area contributed by atoms with Gasteiger partial charge in [0.25, 0.3) is 5.91 Å². The van der Waals surface area contributed by atoms with Crippen molar-refractivity contribution in [2.75, 3.05) is 18.5 Å². The zero-order chi connectivity index (χ0) is 17.4. The lowest BCUT2D eigenvalue weighted by Crippen LogP contribution is -2.24. The molecule has 0 saturated carbocycles. The number of hydrogen-bond donors (Lipinski definition) is 2. The van der Waals surface area contributed by atoms with Gasteiger partial charge in [-0.25, -0.2) is 13.1 Å². The summed E-state index contributed by atoms with van der Waals surface area (Å²) in [5, 5.41) is 2.70. The van der Waals surface area contributed by atoms with E-state index in [0.29, 0.717) is 18.0 Å². The van der Waals surface area contributed by atoms with E-state index >= 15 is 0 Å². The summed E-state index contributed by atoms with van der Waals surface area (Å²) in [7, 11) is -3.50. The van der Waals surface area contributed by atoms with Crippen molar-refractivity contribution >= 4 is 21.6 Å². The van der Waals surface area contributed by atoms with Gasteiger partial charge in [0.1, 0.15) is 5.75 Å². The van der Waals surface area contributed by atoms with Crippen LogP contribution in [0, 0.1) is 0 Å². The normalized spacial score (nSPS) is 11.0. The topological polar surface area (TPSA) is 84.5 Å². The third-order valence-corrected chi connectivity index (χ3v) is 4.58. The van der Waals surface area contributed by atoms with E-state index in [2.05, 4.69) is 10.0 Å². The number of para-hydroxylation sites is 1. The van der Waals surface area contributed by atoms with Crippen LogP contribution in [0.4, 0.5) is 5.69 Å². The van der Waals surface area contributed by atoms with Crippen molar-refractivity contribution < 1.29 is 17.9 Å². The number of carbonyl (C=O) groups is 1. The molecule has 7 heteroatoms. The minimum absolute atomic E-state index is 0.158. The largest absolute Gasteiger partial charge is 0.484 e. The summed E-state index contributed by atoms with van der Waals surface area (Å²) in [5.41, 5.74) is 0.689. The van der Waals surface area contributed by atoms with Crippen molar-refractivity contribution in [1.29, 1.82) is 0 Å². The molecule has 0 bridgehead atoms. The number of ether oxygens (including phenoxy) is 1. The van der Waals surface area contributed by atoms with Crippen LogP contribution in [-0.2, 0) is 14.8 Å². The van der Waals surface area contributed by atoms with E-state index in [1.54, 1.807) is 12.1 Å². The highest BCUT2D eigenvalue weighted by Gasteiger charge is 2.13. The number of carbonyl (C=O) groups excluding carboxylic acids is 1. The van der Waals surface area contributed by atoms with Crippen LogP contribution in [0.5, 0.6) is 5.75 Å². The van der Waals surface area contributed by atoms with Gasteiger partial charge in [0.2, 0.25) is 10.0 Å². The van der Waals surface area contributed by atoms with E-state index < -0.39 is 10.0 Å². The van der Waals surface area contributed by atoms with Gasteiger partial charge in [0.15, 0.2) is 6.61 Å². The molecule has 128 valence electrons. The predicted octanol–water partition coefficient (Wildman–Crippen LogP) is 2.39. The van der Waals surface area contributed by atoms with Gasteiger partial charge < -0.3 is 10.1 Å². The lowest BCUT2D eigenvalue weighted by atomic mass is 10.3. The standard InChI is InChI=1S/C17H20N2O4S/c1-2-12-18-24(21,22)16-10-8-15(9-11-16)23-13-17(20)19-14-6-4-3-5-7-14/h3-11,18H,2,12-13H2,1H3,(H,19,20). The summed E-state index contributed by atoms with van der Waals surface area (Å²) < 4.78 is 31.8. The zero-order valence-electron chi connectivity index (χ0n) is 13.4. The molecule has 2 aromatic rings. The first-order chi connectivity index (χ1) is 11.5. The fourth-order valence-electron chi connectivity index (χ4n) is 1.90. The molecule has 2 aromatic carbocycles. The zero-order valence-corrected chi connectivity index (χ0v) is 14.2. The second-order valence-corrected chi connectivity index (χ2v) is 6.84. The van der Waals surface area contributed by atoms with E-state index in [1.807, 2.05) is 25.1 Å². The quantitative estimate of drug-likeness (QED) is 0.767. The number of hydrogen-bond acceptors (Lipinski definition) is 4. The van der Waals surface area contributed by atoms with Crippen molar-refractivity contribution in [3.05, 3.63) is 54.6 Å². The van der Waals surface area contributed by atoms with Crippen LogP contribution in [0.15, 0.2) is 59.5 Å². The van der Waals surface area contributed by atoms with E-state index in [9.17, 15) is 13.2 Å². The van der Waals surface area contributed by atoms with Gasteiger partial charge in [-0.15, -0.1) is 0 Å². The average Bonchev–Trinajstić information content (AvgIpc) is 2.59. The Balaban J connectivity index is 1.89. The molecule has 0 atom stereocenters. The molecular formula is C17H20N2O4S. The molecule has 0 aromatic heterocycles. The fraction of sp³-hybridized carbons (Fsp3) is 0.235. The molecule has 1 amide bonds. The highest BCUT2D eigenvalue weighted by atomic mass is 32.2. The van der Waals surface area contributed by atoms with Crippen LogP contribution in [0.3, 0.4) is 0 Å². The number of sulfonamides is 1. The average molecular weight is 348 g/mol. The smallest absolute Gasteiger partial charge is 0.262 e. The van der Waals surface area contributed by atoms with E-state index in [4.69, 9.17) is 4.74 Å². The highest BCUT2D eigenvalue weighted by Crippen LogP contribution is 2.16. The number of benzene rings is 2. The monoisotopic (exact) mass is 348 g/mol. The van der Waals surface area contributed by atoms with Crippen molar-refractivity contribution in [2.45, 2.75) is 18.2 Å². The SMILES string of the molecule is CCCNS(=O)(=O)c1ccc(OCC(=O)Nc2ccccc2)cc1. The predicted molar refractivity (Wildman–Crippen MR) is 92.5 cm³/mol. The molecule has 0 spiro atoms. The number of nitrogens with one attached hydrogen (secondary N) is 2. The molecule has 2 rings (SSSR count). The van der Waals surface area contributed by atoms with Gasteiger partial charge >= 0.3 is 0 Å². The Kier molecular flexibility index (Phi) is 6.34. The minimum Gasteiger partial charge on any atom is -0.484 e. The minimum atomic E-state index is -3.50. The maximum atomic E-state index is 12.0. The van der Waals surface area contributed by atoms with E-state index in [1.165, 1.54) is 24.3 Å². The molecule has 2 N–H and O–H groups in total. The summed E-state index contributed by atoms with van der Waals surface area (Å²) in [5.74, 6) is 0.134. The van der Waals surface area contributed by atoms with Gasteiger partial charge in [-0.1, -0.05) is 25.1 Å². The maximum absolute atomic E-state index is 12.0. The molecule has 0 saturated heterocycles. The first-order valence-electron chi connectivity index (χ1n) is 7.58. The second-order valence-electron chi connectivity index (χ2n) is 5.07. The summed E-state index contributed by atoms with van der Waals surface area (Å²) in [6.45, 7) is 2.12. The van der Waals surface area contributed by atoms with Gasteiger partial charge in [-0.05, 0) is 42.8 Å². The van der Waals surface area contributed by atoms with Crippen LogP contribution in [0.25, 0.3) is 0 Å². The molecule has 0 heterocycles. The third kappa shape index (κ3) is 5.36. The molecule has 0 fully saturated rings. The number of rotatable bonds is 8. The Morgan fingerprint density at radius 3 is 2.33 bits per heavy atom. The van der Waals surface area contributed by atoms with Gasteiger partial charge in [0.05, 0.1) is 4.90 Å². The highest BCUT2D eigenvalue weighted by molar-refractivity contribution is 7.89. The summed E-state index contributed by atoms with van der Waals surface area (Å²) in [6.07, 6.45) is 0.719. The van der Waals surface area contributed by atoms with Crippen LogP contribution >= 0.6 is 0 Å². The first kappa shape index (κ1) is 18.0.